The molecule has 1 aliphatic heterocycles. The number of hydrogen-bond acceptors (Lipinski definition) is 15. The Kier molecular flexibility index (Phi) is 65.7. The molecule has 1 heterocycles. The van der Waals surface area contributed by atoms with Crippen molar-refractivity contribution in [1.29, 1.82) is 0 Å². The Morgan fingerprint density at radius 1 is 0.429 bits per heavy atom. The molecule has 0 aromatic rings. The number of hydrogen-bond donors (Lipinski definition) is 2. The molecule has 9 atom stereocenters. The first-order valence-corrected chi connectivity index (χ1v) is 43.0. The Morgan fingerprint density at radius 3 is 1.35 bits per heavy atom. The lowest BCUT2D eigenvalue weighted by Gasteiger charge is -2.21. The molecule has 1 saturated heterocycles. The van der Waals surface area contributed by atoms with Crippen LogP contribution in [0.5, 0.6) is 0 Å². The van der Waals surface area contributed by atoms with Crippen LogP contribution in [-0.4, -0.2) is 97.2 Å². The number of cyclic esters (lactones) is 2. The maximum absolute atomic E-state index is 13.3. The molecule has 0 aromatic carbocycles. The zero-order valence-corrected chi connectivity index (χ0v) is 67.7. The third-order valence-corrected chi connectivity index (χ3v) is 20.7. The number of carbonyl (C=O) groups is 7. The molecule has 0 saturated carbocycles. The van der Waals surface area contributed by atoms with Crippen molar-refractivity contribution >= 4 is 41.8 Å². The van der Waals surface area contributed by atoms with E-state index in [9.17, 15) is 38.7 Å². The number of aliphatic hydroxyl groups excluding tert-OH is 2. The lowest BCUT2D eigenvalue weighted by molar-refractivity contribution is -0.167. The largest absolute Gasteiger partial charge is 0.465 e. The standard InChI is InChI=1S/C90H154O15/c1-8-13-17-20-23-33-41-51-60-77(59-50-40-21-18-14-9-2)71-102-88(97)75(6)78(12-5)61-52-43-34-29-26-24-25-27-31-36-46-56-66-84(93)100-73-82(104-86(95)68-58-48-39-38-45-55-65-80(64-54-42-22-19-15-10-3)83-69-87(96)105-90(83)99)74-101-85(94)67-57-47-37-32-28-30-35-44-53-63-79(62-49-16-11-4)76(7)89(98)103-72-81(92)70-91/h24,26,34-35,43-44,52-53,55,61,63,65,75-83,91-92H,8-23,25,27-33,36-42,45-51,54,56-60,62,64,66-74H2,1-7H3/b26-24-,43-34-,44-35-,61-52+,63-53+,65-55+. The fraction of sp³-hybridized carbons (Fsp3) is 0.789. The van der Waals surface area contributed by atoms with Gasteiger partial charge in [-0.05, 0) is 120 Å². The highest BCUT2D eigenvalue weighted by molar-refractivity contribution is 5.95. The molecule has 105 heavy (non-hydrogen) atoms. The van der Waals surface area contributed by atoms with Crippen molar-refractivity contribution in [2.75, 3.05) is 33.0 Å². The second-order valence-corrected chi connectivity index (χ2v) is 30.2. The van der Waals surface area contributed by atoms with Gasteiger partial charge in [-0.3, -0.25) is 33.6 Å². The van der Waals surface area contributed by atoms with E-state index in [1.54, 1.807) is 0 Å². The molecular formula is C90H154O15. The van der Waals surface area contributed by atoms with Gasteiger partial charge in [0.2, 0.25) is 0 Å². The van der Waals surface area contributed by atoms with Gasteiger partial charge in [-0.2, -0.15) is 0 Å². The minimum absolute atomic E-state index is 0.00563. The van der Waals surface area contributed by atoms with Crippen molar-refractivity contribution in [2.45, 2.75) is 382 Å². The highest BCUT2D eigenvalue weighted by Crippen LogP contribution is 2.31. The van der Waals surface area contributed by atoms with E-state index in [0.717, 1.165) is 161 Å². The van der Waals surface area contributed by atoms with Crippen molar-refractivity contribution in [2.24, 2.45) is 41.4 Å². The number of rotatable bonds is 73. The predicted molar refractivity (Wildman–Crippen MR) is 428 cm³/mol. The zero-order chi connectivity index (χ0) is 76.9. The van der Waals surface area contributed by atoms with Crippen molar-refractivity contribution in [3.63, 3.8) is 0 Å². The molecule has 1 fully saturated rings. The van der Waals surface area contributed by atoms with Crippen LogP contribution in [0.3, 0.4) is 0 Å². The second kappa shape index (κ2) is 70.5. The highest BCUT2D eigenvalue weighted by atomic mass is 16.6. The zero-order valence-electron chi connectivity index (χ0n) is 67.7. The van der Waals surface area contributed by atoms with E-state index in [4.69, 9.17) is 33.5 Å². The van der Waals surface area contributed by atoms with Crippen LogP contribution >= 0.6 is 0 Å². The number of ether oxygens (including phenoxy) is 6. The average molecular weight is 1480 g/mol. The molecule has 0 radical (unpaired) electrons. The van der Waals surface area contributed by atoms with Gasteiger partial charge < -0.3 is 38.6 Å². The van der Waals surface area contributed by atoms with E-state index >= 15 is 0 Å². The lowest BCUT2D eigenvalue weighted by atomic mass is 9.86. The van der Waals surface area contributed by atoms with Gasteiger partial charge in [-0.15, -0.1) is 0 Å². The number of allylic oxidation sites excluding steroid dienone is 12. The Bertz CT molecular complexity index is 2350. The molecule has 1 rings (SSSR count). The van der Waals surface area contributed by atoms with Crippen molar-refractivity contribution < 1.29 is 72.2 Å². The number of aliphatic hydroxyl groups is 2. The fourth-order valence-electron chi connectivity index (χ4n) is 13.5. The average Bonchev–Trinajstić information content (AvgIpc) is 1.72. The van der Waals surface area contributed by atoms with Gasteiger partial charge in [0, 0.05) is 19.3 Å². The maximum Gasteiger partial charge on any atom is 0.317 e. The summed E-state index contributed by atoms with van der Waals surface area (Å²) in [7, 11) is 0. The number of carbonyl (C=O) groups excluding carboxylic acids is 7. The van der Waals surface area contributed by atoms with Crippen LogP contribution in [0, 0.1) is 41.4 Å². The van der Waals surface area contributed by atoms with E-state index in [1.807, 2.05) is 26.0 Å². The van der Waals surface area contributed by atoms with Crippen LogP contribution in [0.2, 0.25) is 0 Å². The molecule has 0 bridgehead atoms. The van der Waals surface area contributed by atoms with Gasteiger partial charge in [-0.1, -0.05) is 320 Å². The molecule has 15 heteroatoms. The summed E-state index contributed by atoms with van der Waals surface area (Å²) in [5, 5.41) is 18.7. The lowest BCUT2D eigenvalue weighted by Crippen LogP contribution is -2.30. The molecule has 15 nitrogen and oxygen atoms in total. The van der Waals surface area contributed by atoms with Crippen LogP contribution in [0.25, 0.3) is 0 Å². The first-order valence-electron chi connectivity index (χ1n) is 43.0. The molecule has 9 unspecified atom stereocenters. The summed E-state index contributed by atoms with van der Waals surface area (Å²) in [5.74, 6) is -2.88. The van der Waals surface area contributed by atoms with E-state index in [-0.39, 0.29) is 93.0 Å². The Hall–Kier alpha value is -5.15. The minimum atomic E-state index is -1.08. The van der Waals surface area contributed by atoms with Crippen molar-refractivity contribution in [3.05, 3.63) is 72.9 Å². The summed E-state index contributed by atoms with van der Waals surface area (Å²) in [4.78, 5) is 89.5. The molecule has 2 N–H and O–H groups in total. The molecule has 1 aliphatic rings. The molecule has 0 amide bonds. The van der Waals surface area contributed by atoms with Gasteiger partial charge in [0.25, 0.3) is 0 Å². The normalized spacial score (nSPS) is 15.8. The Balaban J connectivity index is 2.65. The first kappa shape index (κ1) is 97.9. The van der Waals surface area contributed by atoms with Crippen LogP contribution in [-0.2, 0) is 62.0 Å². The minimum Gasteiger partial charge on any atom is -0.465 e. The van der Waals surface area contributed by atoms with Gasteiger partial charge in [-0.25, -0.2) is 0 Å². The highest BCUT2D eigenvalue weighted by Gasteiger charge is 2.38. The summed E-state index contributed by atoms with van der Waals surface area (Å²) < 4.78 is 33.2. The summed E-state index contributed by atoms with van der Waals surface area (Å²) in [6.07, 6.45) is 73.3. The van der Waals surface area contributed by atoms with E-state index in [1.165, 1.54) is 116 Å². The third-order valence-electron chi connectivity index (χ3n) is 20.7. The Morgan fingerprint density at radius 2 is 0.848 bits per heavy atom. The molecular weight excluding hydrogens is 1320 g/mol. The van der Waals surface area contributed by atoms with Gasteiger partial charge in [0.15, 0.2) is 6.10 Å². The third kappa shape index (κ3) is 56.7. The van der Waals surface area contributed by atoms with Crippen LogP contribution < -0.4 is 0 Å². The summed E-state index contributed by atoms with van der Waals surface area (Å²) in [5.41, 5.74) is 0. The fourth-order valence-corrected chi connectivity index (χ4v) is 13.5. The second-order valence-electron chi connectivity index (χ2n) is 30.2. The quantitative estimate of drug-likeness (QED) is 0.0145. The van der Waals surface area contributed by atoms with Crippen LogP contribution in [0.4, 0.5) is 0 Å². The number of unbranched alkanes of at least 4 members (excludes halogenated alkanes) is 33. The van der Waals surface area contributed by atoms with E-state index in [0.29, 0.717) is 31.8 Å². The summed E-state index contributed by atoms with van der Waals surface area (Å²) >= 11 is 0. The topological polar surface area (TPSA) is 215 Å². The van der Waals surface area contributed by atoms with Crippen LogP contribution in [0.1, 0.15) is 370 Å². The van der Waals surface area contributed by atoms with Crippen molar-refractivity contribution in [3.8, 4) is 0 Å². The molecule has 0 aromatic heterocycles. The smallest absolute Gasteiger partial charge is 0.317 e. The van der Waals surface area contributed by atoms with E-state index < -0.39 is 48.6 Å². The molecule has 0 aliphatic carbocycles. The predicted octanol–water partition coefficient (Wildman–Crippen LogP) is 22.8. The Labute approximate surface area is 639 Å². The van der Waals surface area contributed by atoms with E-state index in [2.05, 4.69) is 95.4 Å². The molecule has 0 spiro atoms. The van der Waals surface area contributed by atoms with Crippen LogP contribution in [0.15, 0.2) is 72.9 Å². The molecule has 604 valence electrons. The first-order chi connectivity index (χ1) is 51.1. The van der Waals surface area contributed by atoms with Crippen molar-refractivity contribution in [1.82, 2.24) is 0 Å². The van der Waals surface area contributed by atoms with Gasteiger partial charge >= 0.3 is 41.8 Å². The number of esters is 7. The summed E-state index contributed by atoms with van der Waals surface area (Å²) in [6, 6.07) is 0. The van der Waals surface area contributed by atoms with Gasteiger partial charge in [0.05, 0.1) is 37.4 Å². The van der Waals surface area contributed by atoms with Gasteiger partial charge in [0.1, 0.15) is 25.9 Å². The monoisotopic (exact) mass is 1480 g/mol. The summed E-state index contributed by atoms with van der Waals surface area (Å²) in [6.45, 7) is 14.4. The SMILES string of the molecule is CCCCCCCCCCC(CCCCCCCC)COC(=O)C(C)C(/C=C/C=C\C/C=C\CCCCCCCC(=O)OCC(COC(=O)CCCCCCC/C=C\C=C\C(CCCCC)C(C)C(=O)OCC(O)CO)OC(=O)CCCCCC/C=C/C(CCCCCCCC)C1CC(=O)OC1=O)CC. The maximum atomic E-state index is 13.3.